The summed E-state index contributed by atoms with van der Waals surface area (Å²) in [5.41, 5.74) is -0.00863. The molecule has 1 saturated heterocycles. The summed E-state index contributed by atoms with van der Waals surface area (Å²) in [6.07, 6.45) is -0.232. The van der Waals surface area contributed by atoms with Crippen LogP contribution in [-0.2, 0) is 20.7 Å². The molecule has 1 amide bonds. The van der Waals surface area contributed by atoms with E-state index in [0.29, 0.717) is 18.8 Å². The van der Waals surface area contributed by atoms with Crippen molar-refractivity contribution >= 4 is 11.9 Å². The molecule has 0 bridgehead atoms. The summed E-state index contributed by atoms with van der Waals surface area (Å²) < 4.78 is 23.9. The number of aromatic carboxylic acids is 1. The van der Waals surface area contributed by atoms with Gasteiger partial charge >= 0.3 is 5.97 Å². The highest BCUT2D eigenvalue weighted by Gasteiger charge is 2.29. The molecule has 0 aromatic heterocycles. The molecule has 0 unspecified atom stereocenters. The molecule has 0 radical (unpaired) electrons. The van der Waals surface area contributed by atoms with Crippen LogP contribution in [-0.4, -0.2) is 49.5 Å². The maximum atomic E-state index is 13.5. The summed E-state index contributed by atoms with van der Waals surface area (Å²) >= 11 is 0. The predicted molar refractivity (Wildman–Crippen MR) is 70.6 cm³/mol. The number of amides is 1. The number of benzene rings is 1. The summed E-state index contributed by atoms with van der Waals surface area (Å²) in [7, 11) is 1.54. The molecule has 1 aliphatic rings. The van der Waals surface area contributed by atoms with Crippen LogP contribution in [0, 0.1) is 5.82 Å². The van der Waals surface area contributed by atoms with E-state index in [0.717, 1.165) is 12.1 Å². The molecule has 21 heavy (non-hydrogen) atoms. The number of hydrogen-bond acceptors (Lipinski definition) is 4. The number of ether oxygens (including phenoxy) is 2. The first-order valence-electron chi connectivity index (χ1n) is 6.43. The maximum Gasteiger partial charge on any atom is 0.338 e. The van der Waals surface area contributed by atoms with Crippen molar-refractivity contribution in [1.82, 2.24) is 5.32 Å². The molecule has 1 aliphatic heterocycles. The van der Waals surface area contributed by atoms with Gasteiger partial charge in [0, 0.05) is 7.11 Å². The van der Waals surface area contributed by atoms with Crippen molar-refractivity contribution in [2.45, 2.75) is 18.6 Å². The lowest BCUT2D eigenvalue weighted by Gasteiger charge is -2.17. The molecule has 114 valence electrons. The van der Waals surface area contributed by atoms with Crippen LogP contribution >= 0.6 is 0 Å². The number of carbonyl (C=O) groups is 2. The van der Waals surface area contributed by atoms with Crippen LogP contribution in [0.3, 0.4) is 0 Å². The molecule has 6 nitrogen and oxygen atoms in total. The fourth-order valence-electron chi connectivity index (χ4n) is 2.19. The Morgan fingerprint density at radius 3 is 2.86 bits per heavy atom. The summed E-state index contributed by atoms with van der Waals surface area (Å²) in [5, 5.41) is 11.5. The van der Waals surface area contributed by atoms with Gasteiger partial charge in [-0.25, -0.2) is 9.18 Å². The number of halogens is 1. The van der Waals surface area contributed by atoms with Crippen molar-refractivity contribution in [3.63, 3.8) is 0 Å². The number of carboxylic acid groups (broad SMARTS) is 1. The Morgan fingerprint density at radius 2 is 2.24 bits per heavy atom. The van der Waals surface area contributed by atoms with Crippen molar-refractivity contribution < 1.29 is 28.6 Å². The lowest BCUT2D eigenvalue weighted by Crippen LogP contribution is -2.44. The Morgan fingerprint density at radius 1 is 1.48 bits per heavy atom. The SMILES string of the molecule is CO[C@@H]1COC[C@@H]1NC(=O)Cc1ccc(C(=O)O)c(F)c1. The van der Waals surface area contributed by atoms with Crippen molar-refractivity contribution in [2.75, 3.05) is 20.3 Å². The van der Waals surface area contributed by atoms with Crippen molar-refractivity contribution in [1.29, 1.82) is 0 Å². The number of nitrogens with one attached hydrogen (secondary N) is 1. The van der Waals surface area contributed by atoms with Gasteiger partial charge in [0.2, 0.25) is 5.91 Å². The van der Waals surface area contributed by atoms with Gasteiger partial charge in [0.15, 0.2) is 0 Å². The van der Waals surface area contributed by atoms with Gasteiger partial charge in [-0.1, -0.05) is 6.07 Å². The molecule has 2 atom stereocenters. The van der Waals surface area contributed by atoms with Crippen LogP contribution in [0.2, 0.25) is 0 Å². The van der Waals surface area contributed by atoms with E-state index >= 15 is 0 Å². The van der Waals surface area contributed by atoms with Crippen molar-refractivity contribution in [2.24, 2.45) is 0 Å². The van der Waals surface area contributed by atoms with Crippen LogP contribution in [0.1, 0.15) is 15.9 Å². The molecule has 1 heterocycles. The molecular weight excluding hydrogens is 281 g/mol. The minimum Gasteiger partial charge on any atom is -0.478 e. The quantitative estimate of drug-likeness (QED) is 0.831. The molecule has 2 N–H and O–H groups in total. The first-order valence-corrected chi connectivity index (χ1v) is 6.43. The average molecular weight is 297 g/mol. The molecule has 0 spiro atoms. The molecule has 7 heteroatoms. The van der Waals surface area contributed by atoms with Gasteiger partial charge in [0.1, 0.15) is 11.9 Å². The zero-order valence-electron chi connectivity index (χ0n) is 11.5. The second-order valence-corrected chi connectivity index (χ2v) is 4.78. The van der Waals surface area contributed by atoms with Crippen LogP contribution in [0.25, 0.3) is 0 Å². The molecule has 0 aliphatic carbocycles. The maximum absolute atomic E-state index is 13.5. The molecule has 1 fully saturated rings. The third-order valence-electron chi connectivity index (χ3n) is 3.31. The Labute approximate surface area is 120 Å². The minimum absolute atomic E-state index is 0.0379. The third kappa shape index (κ3) is 3.77. The highest BCUT2D eigenvalue weighted by Crippen LogP contribution is 2.12. The third-order valence-corrected chi connectivity index (χ3v) is 3.31. The number of rotatable bonds is 5. The molecule has 1 aromatic carbocycles. The van der Waals surface area contributed by atoms with Crippen molar-refractivity contribution in [3.8, 4) is 0 Å². The van der Waals surface area contributed by atoms with Crippen LogP contribution in [0.15, 0.2) is 18.2 Å². The monoisotopic (exact) mass is 297 g/mol. The van der Waals surface area contributed by atoms with Crippen molar-refractivity contribution in [3.05, 3.63) is 35.1 Å². The Balaban J connectivity index is 1.96. The highest BCUT2D eigenvalue weighted by molar-refractivity contribution is 5.88. The lowest BCUT2D eigenvalue weighted by molar-refractivity contribution is -0.121. The van der Waals surface area contributed by atoms with Crippen LogP contribution in [0.5, 0.6) is 0 Å². The van der Waals surface area contributed by atoms with E-state index in [4.69, 9.17) is 14.6 Å². The number of hydrogen-bond donors (Lipinski definition) is 2. The number of carbonyl (C=O) groups excluding carboxylic acids is 1. The van der Waals surface area contributed by atoms with Gasteiger partial charge in [-0.15, -0.1) is 0 Å². The minimum atomic E-state index is -1.34. The Hall–Kier alpha value is -1.99. The smallest absolute Gasteiger partial charge is 0.338 e. The summed E-state index contributed by atoms with van der Waals surface area (Å²) in [6.45, 7) is 0.792. The highest BCUT2D eigenvalue weighted by atomic mass is 19.1. The molecule has 2 rings (SSSR count). The van der Waals surface area contributed by atoms with Gasteiger partial charge < -0.3 is 19.9 Å². The fraction of sp³-hybridized carbons (Fsp3) is 0.429. The normalized spacial score (nSPS) is 21.2. The van der Waals surface area contributed by atoms with Gasteiger partial charge in [-0.05, 0) is 17.7 Å². The van der Waals surface area contributed by atoms with Crippen LogP contribution < -0.4 is 5.32 Å². The fourth-order valence-corrected chi connectivity index (χ4v) is 2.19. The van der Waals surface area contributed by atoms with Crippen LogP contribution in [0.4, 0.5) is 4.39 Å². The predicted octanol–water partition coefficient (Wildman–Crippen LogP) is 0.596. The largest absolute Gasteiger partial charge is 0.478 e. The Kier molecular flexibility index (Phi) is 4.87. The zero-order valence-corrected chi connectivity index (χ0v) is 11.5. The summed E-state index contributed by atoms with van der Waals surface area (Å²) in [4.78, 5) is 22.6. The van der Waals surface area contributed by atoms with Gasteiger partial charge in [-0.3, -0.25) is 4.79 Å². The van der Waals surface area contributed by atoms with E-state index < -0.39 is 17.3 Å². The first kappa shape index (κ1) is 15.4. The Bertz CT molecular complexity index is 548. The van der Waals surface area contributed by atoms with E-state index in [1.165, 1.54) is 6.07 Å². The summed E-state index contributed by atoms with van der Waals surface area (Å²) in [5.74, 6) is -2.49. The first-order chi connectivity index (χ1) is 10.0. The van der Waals surface area contributed by atoms with E-state index in [1.54, 1.807) is 7.11 Å². The molecular formula is C14H16FNO5. The van der Waals surface area contributed by atoms with Gasteiger partial charge in [0.05, 0.1) is 31.2 Å². The van der Waals surface area contributed by atoms with E-state index in [9.17, 15) is 14.0 Å². The topological polar surface area (TPSA) is 84.9 Å². The number of methoxy groups -OCH3 is 1. The van der Waals surface area contributed by atoms with Gasteiger partial charge in [0.25, 0.3) is 0 Å². The standard InChI is InChI=1S/C14H16FNO5/c1-20-12-7-21-6-11(12)16-13(17)5-8-2-3-9(14(18)19)10(15)4-8/h2-4,11-12H,5-7H2,1H3,(H,16,17)(H,18,19)/t11-,12+/m0/s1. The molecule has 1 aromatic rings. The van der Waals surface area contributed by atoms with E-state index in [-0.39, 0.29) is 24.5 Å². The number of carboxylic acids is 1. The lowest BCUT2D eigenvalue weighted by atomic mass is 10.1. The summed E-state index contributed by atoms with van der Waals surface area (Å²) in [6, 6.07) is 3.40. The van der Waals surface area contributed by atoms with E-state index in [2.05, 4.69) is 5.32 Å². The average Bonchev–Trinajstić information content (AvgIpc) is 2.85. The zero-order chi connectivity index (χ0) is 15.4. The second kappa shape index (κ2) is 6.64. The molecule has 0 saturated carbocycles. The van der Waals surface area contributed by atoms with Gasteiger partial charge in [-0.2, -0.15) is 0 Å². The van der Waals surface area contributed by atoms with E-state index in [1.807, 2.05) is 0 Å². The second-order valence-electron chi connectivity index (χ2n) is 4.78.